The Bertz CT molecular complexity index is 263. The maximum Gasteiger partial charge on any atom is 0.404 e. The number of halogens is 1. The zero-order valence-electron chi connectivity index (χ0n) is 5.41. The number of amides is 1. The number of ether oxygens (including phenoxy) is 1. The molecule has 1 aromatic heterocycles. The molecule has 0 radical (unpaired) electrons. The van der Waals surface area contributed by atoms with Gasteiger partial charge in [0.15, 0.2) is 3.92 Å². The Morgan fingerprint density at radius 2 is 2.64 bits per heavy atom. The maximum atomic E-state index is 10.2. The van der Waals surface area contributed by atoms with E-state index in [9.17, 15) is 4.79 Å². The number of hydrogen-bond acceptors (Lipinski definition) is 4. The van der Waals surface area contributed by atoms with Gasteiger partial charge in [-0.05, 0) is 15.9 Å². The van der Waals surface area contributed by atoms with E-state index < -0.39 is 6.09 Å². The Balaban J connectivity index is 2.45. The number of nitrogens with zero attached hydrogens (tertiary/aromatic N) is 1. The molecule has 6 heteroatoms. The van der Waals surface area contributed by atoms with Crippen LogP contribution in [0.4, 0.5) is 4.79 Å². The lowest BCUT2D eigenvalue weighted by atomic mass is 10.6. The molecule has 2 N–H and O–H groups in total. The predicted molar refractivity (Wildman–Crippen MR) is 44.2 cm³/mol. The van der Waals surface area contributed by atoms with E-state index in [1.165, 1.54) is 11.3 Å². The average Bonchev–Trinajstić information content (AvgIpc) is 2.31. The van der Waals surface area contributed by atoms with Crippen molar-refractivity contribution >= 4 is 33.4 Å². The van der Waals surface area contributed by atoms with Crippen LogP contribution in [-0.2, 0) is 11.3 Å². The van der Waals surface area contributed by atoms with Crippen LogP contribution in [0.3, 0.4) is 0 Å². The quantitative estimate of drug-likeness (QED) is 0.847. The van der Waals surface area contributed by atoms with Crippen LogP contribution < -0.4 is 5.73 Å². The maximum absolute atomic E-state index is 10.2. The van der Waals surface area contributed by atoms with Gasteiger partial charge in [-0.1, -0.05) is 0 Å². The van der Waals surface area contributed by atoms with E-state index in [4.69, 9.17) is 5.73 Å². The van der Waals surface area contributed by atoms with E-state index in [-0.39, 0.29) is 6.61 Å². The van der Waals surface area contributed by atoms with Gasteiger partial charge in [-0.2, -0.15) is 0 Å². The minimum Gasteiger partial charge on any atom is -0.444 e. The van der Waals surface area contributed by atoms with Crippen molar-refractivity contribution in [3.05, 3.63) is 15.0 Å². The number of primary amides is 1. The van der Waals surface area contributed by atoms with Crippen molar-refractivity contribution in [3.63, 3.8) is 0 Å². The van der Waals surface area contributed by atoms with Gasteiger partial charge in [0, 0.05) is 6.20 Å². The summed E-state index contributed by atoms with van der Waals surface area (Å²) in [6.07, 6.45) is 0.854. The highest BCUT2D eigenvalue weighted by Gasteiger charge is 2.00. The second kappa shape index (κ2) is 3.68. The molecule has 0 aromatic carbocycles. The van der Waals surface area contributed by atoms with Gasteiger partial charge in [-0.3, -0.25) is 0 Å². The molecule has 4 nitrogen and oxygen atoms in total. The molecule has 1 aromatic rings. The van der Waals surface area contributed by atoms with Gasteiger partial charge < -0.3 is 10.5 Å². The Kier molecular flexibility index (Phi) is 2.84. The van der Waals surface area contributed by atoms with Gasteiger partial charge in [0.25, 0.3) is 0 Å². The van der Waals surface area contributed by atoms with Crippen molar-refractivity contribution in [1.29, 1.82) is 0 Å². The van der Waals surface area contributed by atoms with Crippen LogP contribution in [0.5, 0.6) is 0 Å². The zero-order valence-corrected chi connectivity index (χ0v) is 7.81. The van der Waals surface area contributed by atoms with Crippen molar-refractivity contribution < 1.29 is 9.53 Å². The molecule has 1 heterocycles. The van der Waals surface area contributed by atoms with E-state index in [1.54, 1.807) is 6.20 Å². The molecule has 0 spiro atoms. The fraction of sp³-hybridized carbons (Fsp3) is 0.200. The Hall–Kier alpha value is -0.620. The summed E-state index contributed by atoms with van der Waals surface area (Å²) in [5.41, 5.74) is 4.76. The fourth-order valence-electron chi connectivity index (χ4n) is 0.493. The van der Waals surface area contributed by atoms with E-state index in [2.05, 4.69) is 25.7 Å². The monoisotopic (exact) mass is 236 g/mol. The molecule has 11 heavy (non-hydrogen) atoms. The number of carbonyl (C=O) groups excluding carboxylic acids is 1. The third-order valence-electron chi connectivity index (χ3n) is 0.882. The summed E-state index contributed by atoms with van der Waals surface area (Å²) in [5, 5.41) is 0. The molecule has 1 rings (SSSR count). The number of hydrogen-bond donors (Lipinski definition) is 1. The van der Waals surface area contributed by atoms with E-state index in [1.807, 2.05) is 0 Å². The third kappa shape index (κ3) is 2.85. The van der Waals surface area contributed by atoms with Gasteiger partial charge in [-0.25, -0.2) is 9.78 Å². The number of carbonyl (C=O) groups is 1. The van der Waals surface area contributed by atoms with Crippen LogP contribution in [0.2, 0.25) is 0 Å². The summed E-state index contributed by atoms with van der Waals surface area (Å²) in [6, 6.07) is 0. The molecule has 0 aliphatic carbocycles. The molecule has 0 saturated carbocycles. The molecule has 1 amide bonds. The van der Waals surface area contributed by atoms with Crippen LogP contribution in [0.15, 0.2) is 10.1 Å². The first-order chi connectivity index (χ1) is 5.18. The summed E-state index contributed by atoms with van der Waals surface area (Å²) in [6.45, 7) is 0.193. The Morgan fingerprint density at radius 3 is 3.09 bits per heavy atom. The Morgan fingerprint density at radius 1 is 1.91 bits per heavy atom. The van der Waals surface area contributed by atoms with Gasteiger partial charge in [-0.15, -0.1) is 11.3 Å². The molecule has 0 saturated heterocycles. The van der Waals surface area contributed by atoms with Crippen LogP contribution in [0.1, 0.15) is 4.88 Å². The molecular weight excluding hydrogens is 232 g/mol. The smallest absolute Gasteiger partial charge is 0.404 e. The normalized spacial score (nSPS) is 9.55. The van der Waals surface area contributed by atoms with Crippen molar-refractivity contribution in [2.45, 2.75) is 6.61 Å². The summed E-state index contributed by atoms with van der Waals surface area (Å²) >= 11 is 4.58. The second-order valence-electron chi connectivity index (χ2n) is 1.69. The van der Waals surface area contributed by atoms with Gasteiger partial charge in [0.1, 0.15) is 6.61 Å². The second-order valence-corrected chi connectivity index (χ2v) is 4.08. The lowest BCUT2D eigenvalue weighted by Crippen LogP contribution is -2.12. The van der Waals surface area contributed by atoms with Crippen molar-refractivity contribution in [3.8, 4) is 0 Å². The standard InChI is InChI=1S/C5H5BrN2O2S/c6-4-8-1-3(11-4)2-10-5(7)9/h1H,2H2,(H2,7,9). The van der Waals surface area contributed by atoms with Crippen LogP contribution in [0.25, 0.3) is 0 Å². The largest absolute Gasteiger partial charge is 0.444 e. The van der Waals surface area contributed by atoms with Crippen molar-refractivity contribution in [1.82, 2.24) is 4.98 Å². The summed E-state index contributed by atoms with van der Waals surface area (Å²) in [5.74, 6) is 0. The number of aromatic nitrogens is 1. The zero-order chi connectivity index (χ0) is 8.27. The third-order valence-corrected chi connectivity index (χ3v) is 2.33. The molecule has 0 unspecified atom stereocenters. The number of thiazole rings is 1. The highest BCUT2D eigenvalue weighted by Crippen LogP contribution is 2.18. The molecular formula is C5H5BrN2O2S. The van der Waals surface area contributed by atoms with Gasteiger partial charge in [0.2, 0.25) is 0 Å². The highest BCUT2D eigenvalue weighted by atomic mass is 79.9. The van der Waals surface area contributed by atoms with Gasteiger partial charge in [0.05, 0.1) is 4.88 Å². The number of rotatable bonds is 2. The Labute approximate surface area is 75.5 Å². The summed E-state index contributed by atoms with van der Waals surface area (Å²) in [4.78, 5) is 14.9. The highest BCUT2D eigenvalue weighted by molar-refractivity contribution is 9.11. The summed E-state index contributed by atoms with van der Waals surface area (Å²) in [7, 11) is 0. The van der Waals surface area contributed by atoms with Gasteiger partial charge >= 0.3 is 6.09 Å². The van der Waals surface area contributed by atoms with E-state index in [0.29, 0.717) is 0 Å². The average molecular weight is 237 g/mol. The predicted octanol–water partition coefficient (Wildman–Crippen LogP) is 1.50. The molecule has 0 aliphatic heterocycles. The van der Waals surface area contributed by atoms with Crippen LogP contribution >= 0.6 is 27.3 Å². The summed E-state index contributed by atoms with van der Waals surface area (Å²) < 4.78 is 5.29. The topological polar surface area (TPSA) is 65.2 Å². The van der Waals surface area contributed by atoms with Crippen molar-refractivity contribution in [2.24, 2.45) is 5.73 Å². The minimum absolute atomic E-state index is 0.193. The first-order valence-corrected chi connectivity index (χ1v) is 4.32. The lowest BCUT2D eigenvalue weighted by molar-refractivity contribution is 0.151. The first kappa shape index (κ1) is 8.48. The van der Waals surface area contributed by atoms with Crippen molar-refractivity contribution in [2.75, 3.05) is 0 Å². The molecule has 0 bridgehead atoms. The van der Waals surface area contributed by atoms with E-state index in [0.717, 1.165) is 8.79 Å². The first-order valence-electron chi connectivity index (χ1n) is 2.71. The fourth-order valence-corrected chi connectivity index (χ4v) is 1.76. The number of nitrogens with two attached hydrogens (primary N) is 1. The molecule has 60 valence electrons. The van der Waals surface area contributed by atoms with Crippen LogP contribution in [-0.4, -0.2) is 11.1 Å². The molecule has 0 atom stereocenters. The molecule has 0 fully saturated rings. The SMILES string of the molecule is NC(=O)OCc1cnc(Br)s1. The minimum atomic E-state index is -0.769. The van der Waals surface area contributed by atoms with Crippen LogP contribution in [0, 0.1) is 0 Å². The van der Waals surface area contributed by atoms with E-state index >= 15 is 0 Å². The molecule has 0 aliphatic rings. The lowest BCUT2D eigenvalue weighted by Gasteiger charge is -1.95.